The van der Waals surface area contributed by atoms with Crippen LogP contribution in [0.5, 0.6) is 0 Å². The third kappa shape index (κ3) is 3.54. The number of piperidine rings is 1. The Balaban J connectivity index is 1.55. The third-order valence-electron chi connectivity index (χ3n) is 5.70. The van der Waals surface area contributed by atoms with Crippen molar-refractivity contribution >= 4 is 11.8 Å². The number of fused-ring (bicyclic) bond motifs is 1. The summed E-state index contributed by atoms with van der Waals surface area (Å²) < 4.78 is 5.00. The Morgan fingerprint density at radius 2 is 2.04 bits per heavy atom. The zero-order valence-electron chi connectivity index (χ0n) is 15.3. The van der Waals surface area contributed by atoms with E-state index in [2.05, 4.69) is 11.4 Å². The molecular formula is C22H24N2O3. The van der Waals surface area contributed by atoms with Crippen LogP contribution in [-0.2, 0) is 11.3 Å². The Hall–Kier alpha value is -2.82. The second-order valence-corrected chi connectivity index (χ2v) is 7.42. The maximum atomic E-state index is 12.7. The molecule has 1 aromatic heterocycles. The fourth-order valence-corrected chi connectivity index (χ4v) is 4.24. The van der Waals surface area contributed by atoms with Crippen LogP contribution in [0.1, 0.15) is 48.0 Å². The molecule has 0 bridgehead atoms. The van der Waals surface area contributed by atoms with Crippen molar-refractivity contribution < 1.29 is 14.0 Å². The lowest BCUT2D eigenvalue weighted by atomic mass is 9.69. The molecule has 5 heteroatoms. The molecule has 1 fully saturated rings. The summed E-state index contributed by atoms with van der Waals surface area (Å²) in [4.78, 5) is 27.0. The van der Waals surface area contributed by atoms with Crippen LogP contribution in [0.2, 0.25) is 0 Å². The van der Waals surface area contributed by atoms with Crippen LogP contribution in [0.25, 0.3) is 0 Å². The van der Waals surface area contributed by atoms with Gasteiger partial charge in [0, 0.05) is 24.1 Å². The highest BCUT2D eigenvalue weighted by molar-refractivity contribution is 5.93. The van der Waals surface area contributed by atoms with Gasteiger partial charge in [-0.2, -0.15) is 0 Å². The van der Waals surface area contributed by atoms with E-state index in [4.69, 9.17) is 4.42 Å². The summed E-state index contributed by atoms with van der Waals surface area (Å²) in [5, 5.41) is 3.07. The van der Waals surface area contributed by atoms with E-state index in [0.29, 0.717) is 25.1 Å². The number of carbonyl (C=O) groups is 2. The van der Waals surface area contributed by atoms with Gasteiger partial charge in [-0.1, -0.05) is 36.4 Å². The maximum Gasteiger partial charge on any atom is 0.254 e. The van der Waals surface area contributed by atoms with E-state index in [-0.39, 0.29) is 17.2 Å². The van der Waals surface area contributed by atoms with E-state index >= 15 is 0 Å². The molecule has 2 heterocycles. The first-order valence-electron chi connectivity index (χ1n) is 9.53. The normalized spacial score (nSPS) is 22.1. The Morgan fingerprint density at radius 3 is 2.81 bits per heavy atom. The van der Waals surface area contributed by atoms with Crippen molar-refractivity contribution in [2.45, 2.75) is 38.6 Å². The predicted molar refractivity (Wildman–Crippen MR) is 102 cm³/mol. The fourth-order valence-electron chi connectivity index (χ4n) is 4.24. The number of likely N-dealkylation sites (tertiary alicyclic amines) is 1. The summed E-state index contributed by atoms with van der Waals surface area (Å²) in [6.07, 6.45) is 9.51. The first-order valence-corrected chi connectivity index (χ1v) is 9.53. The minimum Gasteiger partial charge on any atom is -0.472 e. The molecule has 1 unspecified atom stereocenters. The maximum absolute atomic E-state index is 12.7. The molecule has 4 rings (SSSR count). The van der Waals surface area contributed by atoms with Crippen molar-refractivity contribution in [1.29, 1.82) is 0 Å². The number of furan rings is 1. The van der Waals surface area contributed by atoms with E-state index in [1.54, 1.807) is 6.07 Å². The van der Waals surface area contributed by atoms with E-state index in [1.807, 2.05) is 35.2 Å². The number of hydrogen-bond donors (Lipinski definition) is 1. The molecule has 27 heavy (non-hydrogen) atoms. The van der Waals surface area contributed by atoms with Crippen LogP contribution in [0, 0.1) is 5.41 Å². The standard InChI is InChI=1S/C22H24N2O3/c25-20-9-12-22(16-23-21(26)18-10-13-27-15-18)11-5-4-8-19(22)24(20)14-17-6-2-1-3-7-17/h1-3,6-8,10,13,15H,4-5,9,11-12,14,16H2,(H,23,26). The molecule has 2 aromatic rings. The van der Waals surface area contributed by atoms with Gasteiger partial charge in [-0.15, -0.1) is 0 Å². The van der Waals surface area contributed by atoms with Crippen LogP contribution in [0.15, 0.2) is 65.1 Å². The number of rotatable bonds is 5. The predicted octanol–water partition coefficient (Wildman–Crippen LogP) is 3.89. The average Bonchev–Trinajstić information content (AvgIpc) is 3.24. The van der Waals surface area contributed by atoms with Crippen molar-refractivity contribution in [1.82, 2.24) is 10.2 Å². The Kier molecular flexibility index (Phi) is 4.84. The number of benzene rings is 1. The SMILES string of the molecule is O=C(NCC12CCCC=C1N(Cc1ccccc1)C(=O)CC2)c1ccoc1. The first-order chi connectivity index (χ1) is 13.2. The van der Waals surface area contributed by atoms with E-state index in [1.165, 1.54) is 12.5 Å². The topological polar surface area (TPSA) is 62.6 Å². The summed E-state index contributed by atoms with van der Waals surface area (Å²) in [6, 6.07) is 11.7. The molecule has 1 N–H and O–H groups in total. The van der Waals surface area contributed by atoms with Gasteiger partial charge in [0.05, 0.1) is 18.4 Å². The van der Waals surface area contributed by atoms with Gasteiger partial charge < -0.3 is 14.6 Å². The molecule has 140 valence electrons. The van der Waals surface area contributed by atoms with Gasteiger partial charge >= 0.3 is 0 Å². The number of allylic oxidation sites excluding steroid dienone is 1. The minimum absolute atomic E-state index is 0.130. The summed E-state index contributed by atoms with van der Waals surface area (Å²) in [6.45, 7) is 1.13. The monoisotopic (exact) mass is 364 g/mol. The lowest BCUT2D eigenvalue weighted by Crippen LogP contribution is -2.50. The molecule has 0 spiro atoms. The zero-order chi connectivity index (χ0) is 18.7. The molecule has 0 saturated carbocycles. The van der Waals surface area contributed by atoms with Crippen molar-refractivity contribution in [2.24, 2.45) is 5.41 Å². The zero-order valence-corrected chi connectivity index (χ0v) is 15.3. The Labute approximate surface area is 159 Å². The Morgan fingerprint density at radius 1 is 1.19 bits per heavy atom. The molecule has 1 aliphatic heterocycles. The number of nitrogens with zero attached hydrogens (tertiary/aromatic N) is 1. The smallest absolute Gasteiger partial charge is 0.254 e. The van der Waals surface area contributed by atoms with E-state index in [0.717, 1.165) is 36.9 Å². The van der Waals surface area contributed by atoms with Crippen LogP contribution in [0.3, 0.4) is 0 Å². The summed E-state index contributed by atoms with van der Waals surface area (Å²) in [7, 11) is 0. The van der Waals surface area contributed by atoms with Gasteiger partial charge in [0.2, 0.25) is 5.91 Å². The van der Waals surface area contributed by atoms with Gasteiger partial charge in [-0.3, -0.25) is 9.59 Å². The third-order valence-corrected chi connectivity index (χ3v) is 5.70. The summed E-state index contributed by atoms with van der Waals surface area (Å²) in [5.74, 6) is 0.0401. The molecule has 1 aliphatic carbocycles. The Bertz CT molecular complexity index is 842. The lowest BCUT2D eigenvalue weighted by molar-refractivity contribution is -0.134. The largest absolute Gasteiger partial charge is 0.472 e. The highest BCUT2D eigenvalue weighted by Gasteiger charge is 2.44. The van der Waals surface area contributed by atoms with E-state index < -0.39 is 0 Å². The summed E-state index contributed by atoms with van der Waals surface area (Å²) in [5.41, 5.74) is 2.57. The van der Waals surface area contributed by atoms with Gasteiger partial charge in [-0.25, -0.2) is 0 Å². The molecule has 1 atom stereocenters. The molecule has 0 radical (unpaired) electrons. The number of carbonyl (C=O) groups excluding carboxylic acids is 2. The van der Waals surface area contributed by atoms with Gasteiger partial charge in [-0.05, 0) is 37.3 Å². The van der Waals surface area contributed by atoms with Crippen LogP contribution >= 0.6 is 0 Å². The second-order valence-electron chi connectivity index (χ2n) is 7.42. The fraction of sp³-hybridized carbons (Fsp3) is 0.364. The number of hydrogen-bond acceptors (Lipinski definition) is 3. The van der Waals surface area contributed by atoms with Crippen molar-refractivity contribution in [3.05, 3.63) is 71.8 Å². The van der Waals surface area contributed by atoms with Crippen LogP contribution < -0.4 is 5.32 Å². The molecule has 1 aromatic carbocycles. The van der Waals surface area contributed by atoms with Gasteiger partial charge in [0.15, 0.2) is 0 Å². The number of nitrogens with one attached hydrogen (secondary N) is 1. The van der Waals surface area contributed by atoms with Gasteiger partial charge in [0.1, 0.15) is 6.26 Å². The van der Waals surface area contributed by atoms with Crippen LogP contribution in [0.4, 0.5) is 0 Å². The number of amides is 2. The minimum atomic E-state index is -0.166. The second kappa shape index (κ2) is 7.43. The summed E-state index contributed by atoms with van der Waals surface area (Å²) >= 11 is 0. The first kappa shape index (κ1) is 17.6. The van der Waals surface area contributed by atoms with Crippen LogP contribution in [-0.4, -0.2) is 23.3 Å². The lowest BCUT2D eigenvalue weighted by Gasteiger charge is -2.47. The molecule has 2 aliphatic rings. The van der Waals surface area contributed by atoms with Crippen molar-refractivity contribution in [3.8, 4) is 0 Å². The highest BCUT2D eigenvalue weighted by atomic mass is 16.3. The van der Waals surface area contributed by atoms with E-state index in [9.17, 15) is 9.59 Å². The van der Waals surface area contributed by atoms with Crippen molar-refractivity contribution in [3.63, 3.8) is 0 Å². The average molecular weight is 364 g/mol. The highest BCUT2D eigenvalue weighted by Crippen LogP contribution is 2.46. The molecule has 5 nitrogen and oxygen atoms in total. The molecule has 2 amide bonds. The quantitative estimate of drug-likeness (QED) is 0.876. The van der Waals surface area contributed by atoms with Gasteiger partial charge in [0.25, 0.3) is 5.91 Å². The van der Waals surface area contributed by atoms with Crippen molar-refractivity contribution in [2.75, 3.05) is 6.54 Å². The molecular weight excluding hydrogens is 340 g/mol. The molecule has 1 saturated heterocycles.